The fourth-order valence-electron chi connectivity index (χ4n) is 4.69. The Bertz CT molecular complexity index is 805. The van der Waals surface area contributed by atoms with Crippen LogP contribution >= 0.6 is 0 Å². The van der Waals surface area contributed by atoms with E-state index >= 15 is 0 Å². The SMILES string of the molecule is C=C1C(=O)OC2C1C1OC(=O)C(=C)C1C(C)(C1CO1)C2OC(=O)C(C)=CC. The van der Waals surface area contributed by atoms with Crippen LogP contribution < -0.4 is 0 Å². The highest BCUT2D eigenvalue weighted by Crippen LogP contribution is 2.60. The molecule has 1 saturated carbocycles. The number of carbonyl (C=O) groups excluding carboxylic acids is 3. The number of hydrogen-bond donors (Lipinski definition) is 0. The Labute approximate surface area is 157 Å². The molecule has 7 heteroatoms. The van der Waals surface area contributed by atoms with Crippen molar-refractivity contribution in [3.8, 4) is 0 Å². The number of epoxide rings is 1. The zero-order valence-corrected chi connectivity index (χ0v) is 15.5. The van der Waals surface area contributed by atoms with E-state index in [4.69, 9.17) is 18.9 Å². The van der Waals surface area contributed by atoms with Gasteiger partial charge in [-0.3, -0.25) is 0 Å². The summed E-state index contributed by atoms with van der Waals surface area (Å²) in [5, 5.41) is 0. The van der Waals surface area contributed by atoms with Crippen molar-refractivity contribution in [2.24, 2.45) is 17.3 Å². The molecule has 3 saturated heterocycles. The van der Waals surface area contributed by atoms with E-state index in [-0.39, 0.29) is 11.7 Å². The average Bonchev–Trinajstić information content (AvgIpc) is 3.39. The molecule has 0 aromatic rings. The molecule has 7 unspecified atom stereocenters. The molecule has 7 nitrogen and oxygen atoms in total. The van der Waals surface area contributed by atoms with Crippen molar-refractivity contribution in [2.75, 3.05) is 6.61 Å². The molecule has 0 N–H and O–H groups in total. The van der Waals surface area contributed by atoms with Gasteiger partial charge < -0.3 is 18.9 Å². The Kier molecular flexibility index (Phi) is 3.86. The third-order valence-electron chi connectivity index (χ3n) is 6.42. The van der Waals surface area contributed by atoms with Crippen LogP contribution in [0.3, 0.4) is 0 Å². The lowest BCUT2D eigenvalue weighted by molar-refractivity contribution is -0.199. The molecule has 3 heterocycles. The van der Waals surface area contributed by atoms with Gasteiger partial charge in [0.05, 0.1) is 18.6 Å². The predicted octanol–water partition coefficient (Wildman–Crippen LogP) is 1.48. The maximum absolute atomic E-state index is 12.5. The summed E-state index contributed by atoms with van der Waals surface area (Å²) in [5.41, 5.74) is 0.143. The van der Waals surface area contributed by atoms with Gasteiger partial charge in [-0.15, -0.1) is 0 Å². The first-order valence-corrected chi connectivity index (χ1v) is 8.96. The number of allylic oxidation sites excluding steroid dienone is 1. The largest absolute Gasteiger partial charge is 0.458 e. The Balaban J connectivity index is 1.82. The maximum Gasteiger partial charge on any atom is 0.334 e. The molecule has 4 aliphatic rings. The van der Waals surface area contributed by atoms with E-state index in [1.165, 1.54) is 0 Å². The van der Waals surface area contributed by atoms with Gasteiger partial charge in [-0.25, -0.2) is 14.4 Å². The summed E-state index contributed by atoms with van der Waals surface area (Å²) in [5.74, 6) is -2.63. The monoisotopic (exact) mass is 374 g/mol. The molecule has 0 spiro atoms. The quantitative estimate of drug-likeness (QED) is 0.320. The standard InChI is InChI=1S/C20H22O7/c1-6-8(2)17(21)27-16-15-12(9(3)18(22)26-15)14-13(10(4)19(23)25-14)20(16,5)11-7-24-11/h6,11-16H,3-4,7H2,1-2,5H3. The topological polar surface area (TPSA) is 91.4 Å². The molecule has 27 heavy (non-hydrogen) atoms. The molecule has 0 aromatic heterocycles. The summed E-state index contributed by atoms with van der Waals surface area (Å²) in [7, 11) is 0. The van der Waals surface area contributed by atoms with Crippen LogP contribution in [0, 0.1) is 17.3 Å². The summed E-state index contributed by atoms with van der Waals surface area (Å²) >= 11 is 0. The number of carbonyl (C=O) groups is 3. The van der Waals surface area contributed by atoms with Crippen LogP contribution in [-0.2, 0) is 33.3 Å². The summed E-state index contributed by atoms with van der Waals surface area (Å²) in [6.45, 7) is 13.5. The molecule has 1 aliphatic carbocycles. The van der Waals surface area contributed by atoms with Crippen LogP contribution in [0.4, 0.5) is 0 Å². The minimum atomic E-state index is -0.816. The fourth-order valence-corrected chi connectivity index (χ4v) is 4.69. The van der Waals surface area contributed by atoms with Gasteiger partial charge in [-0.05, 0) is 13.8 Å². The van der Waals surface area contributed by atoms with E-state index in [2.05, 4.69) is 13.2 Å². The van der Waals surface area contributed by atoms with E-state index in [1.807, 2.05) is 6.92 Å². The summed E-state index contributed by atoms with van der Waals surface area (Å²) < 4.78 is 22.5. The van der Waals surface area contributed by atoms with Gasteiger partial charge >= 0.3 is 17.9 Å². The third kappa shape index (κ3) is 2.34. The molecule has 0 radical (unpaired) electrons. The van der Waals surface area contributed by atoms with E-state index in [0.29, 0.717) is 17.8 Å². The Morgan fingerprint density at radius 3 is 2.37 bits per heavy atom. The highest BCUT2D eigenvalue weighted by molar-refractivity contribution is 5.94. The van der Waals surface area contributed by atoms with Crippen molar-refractivity contribution in [1.29, 1.82) is 0 Å². The number of rotatable bonds is 3. The number of fused-ring (bicyclic) bond motifs is 3. The van der Waals surface area contributed by atoms with Crippen molar-refractivity contribution >= 4 is 17.9 Å². The van der Waals surface area contributed by atoms with Gasteiger partial charge in [0, 0.05) is 28.1 Å². The van der Waals surface area contributed by atoms with Crippen LogP contribution in [0.25, 0.3) is 0 Å². The van der Waals surface area contributed by atoms with Gasteiger partial charge in [0.1, 0.15) is 12.2 Å². The summed E-state index contributed by atoms with van der Waals surface area (Å²) in [6, 6.07) is 0. The van der Waals surface area contributed by atoms with Crippen molar-refractivity contribution in [3.05, 3.63) is 36.0 Å². The lowest BCUT2D eigenvalue weighted by Gasteiger charge is -2.50. The number of hydrogen-bond acceptors (Lipinski definition) is 7. The van der Waals surface area contributed by atoms with Crippen molar-refractivity contribution in [2.45, 2.75) is 45.2 Å². The van der Waals surface area contributed by atoms with Crippen LogP contribution in [0.2, 0.25) is 0 Å². The molecule has 0 bridgehead atoms. The maximum atomic E-state index is 12.5. The smallest absolute Gasteiger partial charge is 0.334 e. The molecule has 0 amide bonds. The molecule has 4 rings (SSSR count). The molecule has 144 valence electrons. The average molecular weight is 374 g/mol. The predicted molar refractivity (Wildman–Crippen MR) is 92.2 cm³/mol. The Hall–Kier alpha value is -2.41. The number of esters is 3. The van der Waals surface area contributed by atoms with Gasteiger partial charge in [-0.1, -0.05) is 26.2 Å². The molecule has 4 fully saturated rings. The van der Waals surface area contributed by atoms with Crippen LogP contribution in [0.1, 0.15) is 20.8 Å². The van der Waals surface area contributed by atoms with E-state index < -0.39 is 53.5 Å². The number of ether oxygens (including phenoxy) is 4. The van der Waals surface area contributed by atoms with Gasteiger partial charge in [0.15, 0.2) is 6.10 Å². The summed E-state index contributed by atoms with van der Waals surface area (Å²) in [4.78, 5) is 37.1. The molecule has 0 aromatic carbocycles. The van der Waals surface area contributed by atoms with Gasteiger partial charge in [-0.2, -0.15) is 0 Å². The minimum absolute atomic E-state index is 0.222. The fraction of sp³-hybridized carbons (Fsp3) is 0.550. The first-order chi connectivity index (χ1) is 12.7. The minimum Gasteiger partial charge on any atom is -0.458 e. The van der Waals surface area contributed by atoms with Gasteiger partial charge in [0.2, 0.25) is 0 Å². The zero-order chi connectivity index (χ0) is 19.7. The first-order valence-electron chi connectivity index (χ1n) is 8.96. The second kappa shape index (κ2) is 5.79. The molecular weight excluding hydrogens is 352 g/mol. The third-order valence-corrected chi connectivity index (χ3v) is 6.42. The molecule has 3 aliphatic heterocycles. The van der Waals surface area contributed by atoms with Crippen molar-refractivity contribution in [1.82, 2.24) is 0 Å². The van der Waals surface area contributed by atoms with Gasteiger partial charge in [0.25, 0.3) is 0 Å². The second-order valence-corrected chi connectivity index (χ2v) is 7.78. The highest BCUT2D eigenvalue weighted by atomic mass is 16.6. The Morgan fingerprint density at radius 2 is 1.78 bits per heavy atom. The van der Waals surface area contributed by atoms with E-state index in [0.717, 1.165) is 0 Å². The van der Waals surface area contributed by atoms with Crippen LogP contribution in [-0.4, -0.2) is 48.9 Å². The summed E-state index contributed by atoms with van der Waals surface area (Å²) in [6.07, 6.45) is -0.841. The van der Waals surface area contributed by atoms with Crippen LogP contribution in [0.5, 0.6) is 0 Å². The van der Waals surface area contributed by atoms with Crippen molar-refractivity contribution < 1.29 is 33.3 Å². The Morgan fingerprint density at radius 1 is 1.19 bits per heavy atom. The van der Waals surface area contributed by atoms with E-state index in [9.17, 15) is 14.4 Å². The normalized spacial score (nSPS) is 43.0. The van der Waals surface area contributed by atoms with E-state index in [1.54, 1.807) is 19.9 Å². The lowest BCUT2D eigenvalue weighted by Crippen LogP contribution is -2.62. The highest BCUT2D eigenvalue weighted by Gasteiger charge is 2.72. The zero-order valence-electron chi connectivity index (χ0n) is 15.5. The first kappa shape index (κ1) is 18.0. The lowest BCUT2D eigenvalue weighted by atomic mass is 9.56. The molecular formula is C20H22O7. The van der Waals surface area contributed by atoms with Crippen molar-refractivity contribution in [3.63, 3.8) is 0 Å². The van der Waals surface area contributed by atoms with Crippen LogP contribution in [0.15, 0.2) is 36.0 Å². The molecule has 7 atom stereocenters. The second-order valence-electron chi connectivity index (χ2n) is 7.78.